The lowest BCUT2D eigenvalue weighted by Crippen LogP contribution is -2.51. The second-order valence-corrected chi connectivity index (χ2v) is 10.8. The average Bonchev–Trinajstić information content (AvgIpc) is 3.36. The number of Topliss-reactive ketones (excluding diaryl/α,β-unsaturated/α-hetero) is 1. The monoisotopic (exact) mass is 462 g/mol. The van der Waals surface area contributed by atoms with Gasteiger partial charge in [-0.3, -0.25) is 4.79 Å². The van der Waals surface area contributed by atoms with Gasteiger partial charge in [-0.25, -0.2) is 4.98 Å². The van der Waals surface area contributed by atoms with Crippen LogP contribution in [-0.2, 0) is 12.8 Å². The van der Waals surface area contributed by atoms with Crippen LogP contribution in [0.1, 0.15) is 46.5 Å². The van der Waals surface area contributed by atoms with Crippen molar-refractivity contribution in [2.24, 2.45) is 5.92 Å². The van der Waals surface area contributed by atoms with Gasteiger partial charge < -0.3 is 20.7 Å². The Bertz CT molecular complexity index is 1210. The zero-order valence-electron chi connectivity index (χ0n) is 19.0. The van der Waals surface area contributed by atoms with Gasteiger partial charge in [0.25, 0.3) is 0 Å². The van der Waals surface area contributed by atoms with E-state index in [9.17, 15) is 4.79 Å². The summed E-state index contributed by atoms with van der Waals surface area (Å²) >= 11 is 1.38. The van der Waals surface area contributed by atoms with Gasteiger partial charge in [-0.1, -0.05) is 6.07 Å². The first-order chi connectivity index (χ1) is 16.1. The molecule has 2 bridgehead atoms. The summed E-state index contributed by atoms with van der Waals surface area (Å²) < 4.78 is 5.21. The molecule has 7 heteroatoms. The Morgan fingerprint density at radius 2 is 2.00 bits per heavy atom. The Hall–Kier alpha value is -2.64. The topological polar surface area (TPSA) is 80.5 Å². The number of aromatic nitrogens is 1. The van der Waals surface area contributed by atoms with Gasteiger partial charge in [0, 0.05) is 48.7 Å². The fourth-order valence-electron chi connectivity index (χ4n) is 5.85. The van der Waals surface area contributed by atoms with E-state index in [1.165, 1.54) is 41.0 Å². The van der Waals surface area contributed by atoms with Crippen LogP contribution in [-0.4, -0.2) is 43.1 Å². The lowest BCUT2D eigenvalue weighted by Gasteiger charge is -2.35. The molecule has 0 radical (unpaired) electrons. The fraction of sp³-hybridized carbons (Fsp3) is 0.462. The number of rotatable bonds is 5. The number of ketones is 1. The van der Waals surface area contributed by atoms with Gasteiger partial charge in [-0.05, 0) is 67.3 Å². The fourth-order valence-corrected chi connectivity index (χ4v) is 6.89. The minimum absolute atomic E-state index is 0.135. The van der Waals surface area contributed by atoms with E-state index in [4.69, 9.17) is 10.5 Å². The van der Waals surface area contributed by atoms with E-state index in [0.717, 1.165) is 42.6 Å². The molecular weight excluding hydrogens is 432 g/mol. The molecule has 2 aliphatic heterocycles. The number of nitrogens with zero attached hydrogens (tertiary/aromatic N) is 2. The van der Waals surface area contributed by atoms with Crippen molar-refractivity contribution in [1.29, 1.82) is 0 Å². The Morgan fingerprint density at radius 1 is 1.18 bits per heavy atom. The van der Waals surface area contributed by atoms with Crippen molar-refractivity contribution in [1.82, 2.24) is 10.3 Å². The van der Waals surface area contributed by atoms with Gasteiger partial charge >= 0.3 is 0 Å². The number of hydrogen-bond acceptors (Lipinski definition) is 7. The summed E-state index contributed by atoms with van der Waals surface area (Å²) in [7, 11) is 1.59. The second-order valence-electron chi connectivity index (χ2n) is 9.78. The van der Waals surface area contributed by atoms with Crippen LogP contribution in [0.4, 0.5) is 11.4 Å². The summed E-state index contributed by atoms with van der Waals surface area (Å²) in [6.07, 6.45) is 6.19. The molecule has 0 amide bonds. The Labute approximate surface area is 198 Å². The molecule has 172 valence electrons. The van der Waals surface area contributed by atoms with E-state index in [1.54, 1.807) is 13.2 Å². The van der Waals surface area contributed by atoms with E-state index in [2.05, 4.69) is 33.4 Å². The molecule has 2 fully saturated rings. The second kappa shape index (κ2) is 8.29. The highest BCUT2D eigenvalue weighted by Crippen LogP contribution is 2.37. The minimum atomic E-state index is 0.135. The summed E-state index contributed by atoms with van der Waals surface area (Å²) in [4.78, 5) is 21.6. The number of methoxy groups -OCH3 is 1. The van der Waals surface area contributed by atoms with Crippen molar-refractivity contribution in [3.8, 4) is 5.88 Å². The molecule has 2 aromatic heterocycles. The van der Waals surface area contributed by atoms with Gasteiger partial charge in [0.15, 0.2) is 5.78 Å². The molecule has 1 aromatic carbocycles. The Kier molecular flexibility index (Phi) is 5.26. The number of hydrogen-bond donors (Lipinski definition) is 2. The Morgan fingerprint density at radius 3 is 2.79 bits per heavy atom. The number of benzene rings is 1. The first-order valence-corrected chi connectivity index (χ1v) is 12.8. The molecule has 6 nitrogen and oxygen atoms in total. The van der Waals surface area contributed by atoms with Gasteiger partial charge in [0.05, 0.1) is 17.7 Å². The maximum absolute atomic E-state index is 13.2. The largest absolute Gasteiger partial charge is 0.481 e. The van der Waals surface area contributed by atoms with Gasteiger partial charge in [0.2, 0.25) is 5.88 Å². The number of pyridine rings is 1. The summed E-state index contributed by atoms with van der Waals surface area (Å²) in [5, 5.41) is 4.56. The highest BCUT2D eigenvalue weighted by atomic mass is 32.1. The molecule has 2 unspecified atom stereocenters. The first-order valence-electron chi connectivity index (χ1n) is 12.0. The SMILES string of the molecule is COc1ccc2c(N)c(C(=O)C[C@H]3CCc4cc(N5CC6CCC(C5)N6)ccc4C3)sc2n1. The van der Waals surface area contributed by atoms with Crippen molar-refractivity contribution < 1.29 is 9.53 Å². The van der Waals surface area contributed by atoms with Crippen molar-refractivity contribution in [3.63, 3.8) is 0 Å². The summed E-state index contributed by atoms with van der Waals surface area (Å²) in [6, 6.07) is 12.0. The molecule has 3 atom stereocenters. The number of nitrogen functional groups attached to an aromatic ring is 1. The maximum atomic E-state index is 13.2. The van der Waals surface area contributed by atoms with Crippen molar-refractivity contribution in [3.05, 3.63) is 46.3 Å². The number of aryl methyl sites for hydroxylation is 1. The molecule has 0 saturated carbocycles. The Balaban J connectivity index is 1.15. The number of piperazine rings is 1. The van der Waals surface area contributed by atoms with Crippen LogP contribution in [0.15, 0.2) is 30.3 Å². The molecular formula is C26H30N4O2S. The average molecular weight is 463 g/mol. The lowest BCUT2D eigenvalue weighted by molar-refractivity contribution is 0.0962. The number of anilines is 2. The van der Waals surface area contributed by atoms with Crippen molar-refractivity contribution >= 4 is 38.7 Å². The third-order valence-electron chi connectivity index (χ3n) is 7.61. The van der Waals surface area contributed by atoms with Crippen molar-refractivity contribution in [2.45, 2.75) is 50.6 Å². The maximum Gasteiger partial charge on any atom is 0.214 e. The van der Waals surface area contributed by atoms with E-state index < -0.39 is 0 Å². The van der Waals surface area contributed by atoms with Gasteiger partial charge in [-0.2, -0.15) is 0 Å². The summed E-state index contributed by atoms with van der Waals surface area (Å²) in [6.45, 7) is 2.23. The molecule has 3 aliphatic rings. The van der Waals surface area contributed by atoms with E-state index in [0.29, 0.717) is 40.9 Å². The van der Waals surface area contributed by atoms with Crippen LogP contribution in [0.25, 0.3) is 10.2 Å². The van der Waals surface area contributed by atoms with Crippen LogP contribution in [0, 0.1) is 5.92 Å². The number of thiophene rings is 1. The molecule has 1 aliphatic carbocycles. The predicted molar refractivity (Wildman–Crippen MR) is 134 cm³/mol. The molecule has 6 rings (SSSR count). The highest BCUT2D eigenvalue weighted by molar-refractivity contribution is 7.21. The lowest BCUT2D eigenvalue weighted by atomic mass is 9.81. The molecule has 3 N–H and O–H groups in total. The van der Waals surface area contributed by atoms with Crippen molar-refractivity contribution in [2.75, 3.05) is 30.8 Å². The number of carbonyl (C=O) groups excluding carboxylic acids is 1. The van der Waals surface area contributed by atoms with Crippen LogP contribution in [0.3, 0.4) is 0 Å². The smallest absolute Gasteiger partial charge is 0.214 e. The number of fused-ring (bicyclic) bond motifs is 4. The zero-order valence-corrected chi connectivity index (χ0v) is 19.8. The third kappa shape index (κ3) is 3.87. The van der Waals surface area contributed by atoms with Gasteiger partial charge in [0.1, 0.15) is 4.83 Å². The summed E-state index contributed by atoms with van der Waals surface area (Å²) in [5.74, 6) is 1.04. The zero-order chi connectivity index (χ0) is 22.5. The van der Waals surface area contributed by atoms with Crippen LogP contribution >= 0.6 is 11.3 Å². The van der Waals surface area contributed by atoms with Gasteiger partial charge in [-0.15, -0.1) is 11.3 Å². The third-order valence-corrected chi connectivity index (χ3v) is 8.76. The molecule has 4 heterocycles. The first kappa shape index (κ1) is 20.9. The molecule has 33 heavy (non-hydrogen) atoms. The molecule has 2 saturated heterocycles. The molecule has 0 spiro atoms. The summed E-state index contributed by atoms with van der Waals surface area (Å²) in [5.41, 5.74) is 11.1. The van der Waals surface area contributed by atoms with Crippen LogP contribution in [0.2, 0.25) is 0 Å². The predicted octanol–water partition coefficient (Wildman–Crippen LogP) is 4.21. The van der Waals surface area contributed by atoms with E-state index in [1.807, 2.05) is 6.07 Å². The van der Waals surface area contributed by atoms with Crippen LogP contribution in [0.5, 0.6) is 5.88 Å². The normalized spacial score (nSPS) is 24.2. The number of ether oxygens (including phenoxy) is 1. The quantitative estimate of drug-likeness (QED) is 0.553. The number of nitrogens with one attached hydrogen (secondary N) is 1. The minimum Gasteiger partial charge on any atom is -0.481 e. The number of nitrogens with two attached hydrogens (primary N) is 1. The molecule has 3 aromatic rings. The standard InChI is InChI=1S/C26H30N4O2S/c1-32-23-9-8-21-24(27)25(33-26(21)29-23)22(31)11-15-2-3-17-12-20(7-4-16(17)10-15)30-13-18-5-6-19(14-30)28-18/h4,7-9,12,15,18-19,28H,2-3,5-6,10-11,13-14,27H2,1H3/t15-,18?,19?/m0/s1. The van der Waals surface area contributed by atoms with E-state index >= 15 is 0 Å². The highest BCUT2D eigenvalue weighted by Gasteiger charge is 2.32. The van der Waals surface area contributed by atoms with Crippen LogP contribution < -0.4 is 20.7 Å². The number of carbonyl (C=O) groups is 1. The van der Waals surface area contributed by atoms with E-state index in [-0.39, 0.29) is 5.78 Å².